The third kappa shape index (κ3) is 4.87. The van der Waals surface area contributed by atoms with Gasteiger partial charge >= 0.3 is 0 Å². The number of nitrogens with zero attached hydrogens (tertiary/aromatic N) is 1. The van der Waals surface area contributed by atoms with E-state index in [0.717, 1.165) is 6.61 Å². The largest absolute Gasteiger partial charge is 0.378 e. The molecule has 0 amide bonds. The Morgan fingerprint density at radius 1 is 1.46 bits per heavy atom. The highest BCUT2D eigenvalue weighted by atomic mass is 16.5. The van der Waals surface area contributed by atoms with Crippen LogP contribution in [0.5, 0.6) is 0 Å². The number of hydrogen-bond acceptors (Lipinski definition) is 3. The van der Waals surface area contributed by atoms with Gasteiger partial charge in [-0.05, 0) is 18.8 Å². The van der Waals surface area contributed by atoms with Gasteiger partial charge in [-0.15, -0.1) is 0 Å². The predicted octanol–water partition coefficient (Wildman–Crippen LogP) is 1.30. The average molecular weight is 182 g/mol. The first-order valence-electron chi connectivity index (χ1n) is 4.95. The van der Waals surface area contributed by atoms with Crippen LogP contribution in [0.3, 0.4) is 0 Å². The molecule has 0 spiro atoms. The second-order valence-electron chi connectivity index (χ2n) is 4.05. The Bertz CT molecular complexity index is 182. The molecule has 0 aliphatic heterocycles. The van der Waals surface area contributed by atoms with Gasteiger partial charge < -0.3 is 4.74 Å². The number of nitrogens with one attached hydrogen (secondary N) is 1. The number of nitriles is 1. The Labute approximate surface area is 80.1 Å². The Kier molecular flexibility index (Phi) is 4.20. The van der Waals surface area contributed by atoms with E-state index in [0.29, 0.717) is 18.6 Å². The van der Waals surface area contributed by atoms with Gasteiger partial charge in [-0.25, -0.2) is 0 Å². The topological polar surface area (TPSA) is 45.0 Å². The van der Waals surface area contributed by atoms with Crippen molar-refractivity contribution in [2.75, 3.05) is 13.2 Å². The summed E-state index contributed by atoms with van der Waals surface area (Å²) in [5.74, 6) is 0.542. The molecule has 0 aromatic heterocycles. The summed E-state index contributed by atoms with van der Waals surface area (Å²) in [5, 5.41) is 12.0. The normalized spacial score (nSPS) is 18.6. The van der Waals surface area contributed by atoms with E-state index < -0.39 is 0 Å². The molecular formula is C10H18N2O. The molecule has 1 rings (SSSR count). The fraction of sp³-hybridized carbons (Fsp3) is 0.900. The number of rotatable bonds is 6. The lowest BCUT2D eigenvalue weighted by atomic mass is 10.2. The fourth-order valence-corrected chi connectivity index (χ4v) is 1.08. The third-order valence-electron chi connectivity index (χ3n) is 1.91. The van der Waals surface area contributed by atoms with Gasteiger partial charge in [-0.2, -0.15) is 5.26 Å². The van der Waals surface area contributed by atoms with Crippen LogP contribution in [0.15, 0.2) is 0 Å². The minimum atomic E-state index is -0.119. The summed E-state index contributed by atoms with van der Waals surface area (Å²) in [6, 6.07) is 2.67. The molecule has 0 saturated heterocycles. The zero-order chi connectivity index (χ0) is 9.68. The first kappa shape index (κ1) is 10.5. The van der Waals surface area contributed by atoms with E-state index in [1.165, 1.54) is 12.8 Å². The van der Waals surface area contributed by atoms with Crippen molar-refractivity contribution in [3.05, 3.63) is 0 Å². The van der Waals surface area contributed by atoms with Gasteiger partial charge in [-0.3, -0.25) is 5.32 Å². The molecule has 0 heterocycles. The highest BCUT2D eigenvalue weighted by Crippen LogP contribution is 2.19. The summed E-state index contributed by atoms with van der Waals surface area (Å²) in [6.45, 7) is 5.47. The third-order valence-corrected chi connectivity index (χ3v) is 1.91. The van der Waals surface area contributed by atoms with Crippen molar-refractivity contribution in [3.8, 4) is 6.07 Å². The average Bonchev–Trinajstić information content (AvgIpc) is 2.86. The molecule has 74 valence electrons. The fourth-order valence-electron chi connectivity index (χ4n) is 1.08. The Morgan fingerprint density at radius 3 is 2.62 bits per heavy atom. The van der Waals surface area contributed by atoms with Crippen molar-refractivity contribution >= 4 is 0 Å². The first-order valence-corrected chi connectivity index (χ1v) is 4.95. The van der Waals surface area contributed by atoms with E-state index in [2.05, 4.69) is 25.2 Å². The van der Waals surface area contributed by atoms with Crippen LogP contribution in [0.4, 0.5) is 0 Å². The summed E-state index contributed by atoms with van der Waals surface area (Å²) < 4.78 is 5.39. The van der Waals surface area contributed by atoms with Crippen molar-refractivity contribution in [2.45, 2.75) is 38.8 Å². The van der Waals surface area contributed by atoms with Crippen LogP contribution in [0.25, 0.3) is 0 Å². The van der Waals surface area contributed by atoms with E-state index >= 15 is 0 Å². The molecule has 0 aromatic carbocycles. The molecule has 1 saturated carbocycles. The molecule has 1 N–H and O–H groups in total. The lowest BCUT2D eigenvalue weighted by Crippen LogP contribution is -2.34. The van der Waals surface area contributed by atoms with Gasteiger partial charge in [0.25, 0.3) is 0 Å². The van der Waals surface area contributed by atoms with Crippen LogP contribution in [0.2, 0.25) is 0 Å². The van der Waals surface area contributed by atoms with Crippen molar-refractivity contribution in [3.63, 3.8) is 0 Å². The molecule has 1 fully saturated rings. The van der Waals surface area contributed by atoms with Crippen LogP contribution >= 0.6 is 0 Å². The van der Waals surface area contributed by atoms with E-state index in [-0.39, 0.29) is 6.04 Å². The molecule has 3 nitrogen and oxygen atoms in total. The molecule has 1 aliphatic carbocycles. The zero-order valence-corrected chi connectivity index (χ0v) is 8.42. The smallest absolute Gasteiger partial charge is 0.119 e. The molecule has 1 unspecified atom stereocenters. The second kappa shape index (κ2) is 5.21. The standard InChI is InChI=1S/C10H18N2O/c1-8(2)6-13-7-10(5-11)12-9-3-4-9/h8-10,12H,3-4,6-7H2,1-2H3. The summed E-state index contributed by atoms with van der Waals surface area (Å²) in [5.41, 5.74) is 0. The molecule has 13 heavy (non-hydrogen) atoms. The van der Waals surface area contributed by atoms with E-state index in [1.807, 2.05) is 0 Å². The zero-order valence-electron chi connectivity index (χ0n) is 8.42. The Hall–Kier alpha value is -0.590. The minimum Gasteiger partial charge on any atom is -0.378 e. The monoisotopic (exact) mass is 182 g/mol. The molecule has 0 aromatic rings. The molecular weight excluding hydrogens is 164 g/mol. The van der Waals surface area contributed by atoms with Gasteiger partial charge in [0.15, 0.2) is 0 Å². The lowest BCUT2D eigenvalue weighted by Gasteiger charge is -2.12. The van der Waals surface area contributed by atoms with Gasteiger partial charge in [0.1, 0.15) is 6.04 Å². The number of hydrogen-bond donors (Lipinski definition) is 1. The summed E-state index contributed by atoms with van der Waals surface area (Å²) in [6.07, 6.45) is 2.42. The highest BCUT2D eigenvalue weighted by Gasteiger charge is 2.24. The molecule has 1 atom stereocenters. The lowest BCUT2D eigenvalue weighted by molar-refractivity contribution is 0.100. The highest BCUT2D eigenvalue weighted by molar-refractivity contribution is 4.95. The van der Waals surface area contributed by atoms with Crippen molar-refractivity contribution in [1.29, 1.82) is 5.26 Å². The van der Waals surface area contributed by atoms with Crippen molar-refractivity contribution in [1.82, 2.24) is 5.32 Å². The van der Waals surface area contributed by atoms with Crippen molar-refractivity contribution in [2.24, 2.45) is 5.92 Å². The molecule has 1 aliphatic rings. The Balaban J connectivity index is 2.05. The maximum absolute atomic E-state index is 8.78. The van der Waals surface area contributed by atoms with E-state index in [9.17, 15) is 0 Å². The van der Waals surface area contributed by atoms with Crippen LogP contribution in [-0.2, 0) is 4.74 Å². The number of ether oxygens (including phenoxy) is 1. The summed E-state index contributed by atoms with van der Waals surface area (Å²) >= 11 is 0. The van der Waals surface area contributed by atoms with Gasteiger partial charge in [0.2, 0.25) is 0 Å². The van der Waals surface area contributed by atoms with Crippen molar-refractivity contribution < 1.29 is 4.74 Å². The molecule has 0 radical (unpaired) electrons. The SMILES string of the molecule is CC(C)COCC(C#N)NC1CC1. The maximum atomic E-state index is 8.78. The van der Waals surface area contributed by atoms with Gasteiger partial charge in [-0.1, -0.05) is 13.8 Å². The Morgan fingerprint density at radius 2 is 2.15 bits per heavy atom. The van der Waals surface area contributed by atoms with E-state index in [1.54, 1.807) is 0 Å². The first-order chi connectivity index (χ1) is 6.22. The second-order valence-corrected chi connectivity index (χ2v) is 4.05. The summed E-state index contributed by atoms with van der Waals surface area (Å²) in [4.78, 5) is 0. The molecule has 0 bridgehead atoms. The van der Waals surface area contributed by atoms with Crippen LogP contribution < -0.4 is 5.32 Å². The quantitative estimate of drug-likeness (QED) is 0.673. The van der Waals surface area contributed by atoms with Gasteiger partial charge in [0.05, 0.1) is 12.7 Å². The maximum Gasteiger partial charge on any atom is 0.119 e. The molecule has 3 heteroatoms. The van der Waals surface area contributed by atoms with Crippen LogP contribution in [0, 0.1) is 17.2 Å². The van der Waals surface area contributed by atoms with Crippen LogP contribution in [0.1, 0.15) is 26.7 Å². The van der Waals surface area contributed by atoms with E-state index in [4.69, 9.17) is 10.00 Å². The summed E-state index contributed by atoms with van der Waals surface area (Å²) in [7, 11) is 0. The predicted molar refractivity (Wildman–Crippen MR) is 51.2 cm³/mol. The van der Waals surface area contributed by atoms with Crippen LogP contribution in [-0.4, -0.2) is 25.3 Å². The van der Waals surface area contributed by atoms with Gasteiger partial charge in [0, 0.05) is 12.6 Å². The minimum absolute atomic E-state index is 0.119.